The molecular formula is C46H28N4. The van der Waals surface area contributed by atoms with Crippen LogP contribution in [-0.2, 0) is 0 Å². The fraction of sp³-hybridized carbons (Fsp3) is 0. The van der Waals surface area contributed by atoms with Crippen LogP contribution in [-0.4, -0.2) is 19.1 Å². The molecule has 0 aliphatic carbocycles. The first kappa shape index (κ1) is 27.2. The summed E-state index contributed by atoms with van der Waals surface area (Å²) < 4.78 is 4.84. The Balaban J connectivity index is 1.45. The van der Waals surface area contributed by atoms with E-state index in [-0.39, 0.29) is 0 Å². The van der Waals surface area contributed by atoms with Crippen LogP contribution in [0.15, 0.2) is 170 Å². The lowest BCUT2D eigenvalue weighted by molar-refractivity contribution is 1.08. The molecule has 11 aromatic rings. The summed E-state index contributed by atoms with van der Waals surface area (Å²) in [5.74, 6) is 0.813. The first-order chi connectivity index (χ1) is 24.8. The van der Waals surface area contributed by atoms with Gasteiger partial charge in [0, 0.05) is 38.2 Å². The number of rotatable bonds is 3. The second-order valence-corrected chi connectivity index (χ2v) is 12.9. The van der Waals surface area contributed by atoms with Gasteiger partial charge in [-0.1, -0.05) is 140 Å². The van der Waals surface area contributed by atoms with Crippen LogP contribution in [0.3, 0.4) is 0 Å². The number of fused-ring (bicyclic) bond motifs is 13. The van der Waals surface area contributed by atoms with Gasteiger partial charge in [-0.3, -0.25) is 4.57 Å². The molecule has 50 heavy (non-hydrogen) atoms. The highest BCUT2D eigenvalue weighted by Gasteiger charge is 2.26. The van der Waals surface area contributed by atoms with Crippen molar-refractivity contribution >= 4 is 76.2 Å². The van der Waals surface area contributed by atoms with Gasteiger partial charge in [0.15, 0.2) is 5.82 Å². The number of nitrogens with zero attached hydrogens (tertiary/aromatic N) is 4. The minimum absolute atomic E-state index is 0.813. The molecule has 0 aliphatic rings. The Hall–Kier alpha value is -6.78. The molecule has 3 aromatic heterocycles. The lowest BCUT2D eigenvalue weighted by atomic mass is 9.98. The van der Waals surface area contributed by atoms with Crippen LogP contribution >= 0.6 is 0 Å². The van der Waals surface area contributed by atoms with E-state index in [1.54, 1.807) is 0 Å². The number of para-hydroxylation sites is 3. The van der Waals surface area contributed by atoms with Crippen LogP contribution in [0.25, 0.3) is 99.0 Å². The van der Waals surface area contributed by atoms with Gasteiger partial charge in [-0.15, -0.1) is 0 Å². The van der Waals surface area contributed by atoms with Crippen molar-refractivity contribution in [2.75, 3.05) is 0 Å². The first-order valence-corrected chi connectivity index (χ1v) is 17.0. The molecule has 0 bridgehead atoms. The zero-order valence-corrected chi connectivity index (χ0v) is 27.0. The van der Waals surface area contributed by atoms with Crippen molar-refractivity contribution in [3.8, 4) is 22.8 Å². The number of benzene rings is 8. The molecule has 232 valence electrons. The Labute approximate surface area is 287 Å². The van der Waals surface area contributed by atoms with Gasteiger partial charge < -0.3 is 4.57 Å². The van der Waals surface area contributed by atoms with Crippen LogP contribution in [0.2, 0.25) is 0 Å². The molecule has 11 rings (SSSR count). The monoisotopic (exact) mass is 636 g/mol. The van der Waals surface area contributed by atoms with Gasteiger partial charge in [0.1, 0.15) is 5.69 Å². The minimum Gasteiger partial charge on any atom is -0.307 e. The first-order valence-electron chi connectivity index (χ1n) is 17.0. The van der Waals surface area contributed by atoms with E-state index in [2.05, 4.69) is 179 Å². The van der Waals surface area contributed by atoms with Crippen LogP contribution in [0.1, 0.15) is 0 Å². The fourth-order valence-electron chi connectivity index (χ4n) is 8.18. The molecule has 0 atom stereocenters. The van der Waals surface area contributed by atoms with Crippen molar-refractivity contribution in [2.24, 2.45) is 0 Å². The van der Waals surface area contributed by atoms with E-state index < -0.39 is 0 Å². The molecule has 4 nitrogen and oxygen atoms in total. The highest BCUT2D eigenvalue weighted by atomic mass is 15.1. The van der Waals surface area contributed by atoms with Crippen LogP contribution < -0.4 is 0 Å². The highest BCUT2D eigenvalue weighted by Crippen LogP contribution is 2.47. The highest BCUT2D eigenvalue weighted by molar-refractivity contribution is 6.36. The van der Waals surface area contributed by atoms with Crippen LogP contribution in [0, 0.1) is 0 Å². The molecule has 0 N–H and O–H groups in total. The topological polar surface area (TPSA) is 35.6 Å². The summed E-state index contributed by atoms with van der Waals surface area (Å²) in [7, 11) is 0. The zero-order valence-electron chi connectivity index (χ0n) is 27.0. The van der Waals surface area contributed by atoms with E-state index >= 15 is 0 Å². The predicted octanol–water partition coefficient (Wildman–Crippen LogP) is 11.8. The molecule has 4 heteroatoms. The SMILES string of the molecule is c1ccc(-c2nc3ccc4ccccc4c3nc2-n2c3ccccc3c3c4ccccc4c4c5ccccc5n(-c5ccccc5)c4c32)cc1. The van der Waals surface area contributed by atoms with E-state index in [0.29, 0.717) is 0 Å². The summed E-state index contributed by atoms with van der Waals surface area (Å²) in [6.45, 7) is 0. The standard InChI is InChI=1S/C46H28N4/c1-3-16-30(17-4-1)42-46(48-43-32-20-8-7-15-29(32)27-28-37(43)47-42)50-39-26-14-12-24-36(39)41-34-22-10-9-21-33(34)40-35-23-11-13-25-38(35)49(44(40)45(41)50)31-18-5-2-6-19-31/h1-28H. The summed E-state index contributed by atoms with van der Waals surface area (Å²) in [5.41, 5.74) is 9.29. The van der Waals surface area contributed by atoms with Crippen molar-refractivity contribution in [1.82, 2.24) is 19.1 Å². The normalized spacial score (nSPS) is 12.0. The molecule has 0 saturated heterocycles. The van der Waals surface area contributed by atoms with E-state index in [4.69, 9.17) is 9.97 Å². The molecule has 8 aromatic carbocycles. The van der Waals surface area contributed by atoms with E-state index in [0.717, 1.165) is 61.1 Å². The van der Waals surface area contributed by atoms with Crippen LogP contribution in [0.4, 0.5) is 0 Å². The molecule has 0 unspecified atom stereocenters. The quantitative estimate of drug-likeness (QED) is 0.181. The summed E-state index contributed by atoms with van der Waals surface area (Å²) in [6, 6.07) is 60.4. The van der Waals surface area contributed by atoms with Crippen molar-refractivity contribution in [2.45, 2.75) is 0 Å². The largest absolute Gasteiger partial charge is 0.307 e. The average Bonchev–Trinajstić information content (AvgIpc) is 3.72. The van der Waals surface area contributed by atoms with Gasteiger partial charge in [-0.25, -0.2) is 9.97 Å². The summed E-state index contributed by atoms with van der Waals surface area (Å²) in [5, 5.41) is 9.55. The van der Waals surface area contributed by atoms with Gasteiger partial charge >= 0.3 is 0 Å². The summed E-state index contributed by atoms with van der Waals surface area (Å²) in [6.07, 6.45) is 0. The average molecular weight is 637 g/mol. The Bertz CT molecular complexity index is 3140. The second kappa shape index (κ2) is 10.4. The lowest BCUT2D eigenvalue weighted by Gasteiger charge is -2.16. The molecule has 3 heterocycles. The van der Waals surface area contributed by atoms with Gasteiger partial charge in [0.25, 0.3) is 0 Å². The van der Waals surface area contributed by atoms with E-state index in [1.165, 1.54) is 37.8 Å². The van der Waals surface area contributed by atoms with Crippen molar-refractivity contribution in [1.29, 1.82) is 0 Å². The maximum atomic E-state index is 5.66. The zero-order chi connectivity index (χ0) is 32.8. The second-order valence-electron chi connectivity index (χ2n) is 12.9. The fourth-order valence-corrected chi connectivity index (χ4v) is 8.18. The van der Waals surface area contributed by atoms with Gasteiger partial charge in [0.05, 0.1) is 33.1 Å². The molecule has 0 radical (unpaired) electrons. The van der Waals surface area contributed by atoms with Gasteiger partial charge in [0.2, 0.25) is 0 Å². The molecule has 0 spiro atoms. The van der Waals surface area contributed by atoms with Crippen molar-refractivity contribution in [3.05, 3.63) is 170 Å². The Kier molecular flexibility index (Phi) is 5.63. The third-order valence-corrected chi connectivity index (χ3v) is 10.3. The summed E-state index contributed by atoms with van der Waals surface area (Å²) in [4.78, 5) is 11.1. The molecule has 0 fully saturated rings. The maximum absolute atomic E-state index is 5.66. The number of aromatic nitrogens is 4. The maximum Gasteiger partial charge on any atom is 0.165 e. The van der Waals surface area contributed by atoms with Crippen molar-refractivity contribution in [3.63, 3.8) is 0 Å². The van der Waals surface area contributed by atoms with Gasteiger partial charge in [-0.05, 0) is 46.5 Å². The Morgan fingerprint density at radius 1 is 0.380 bits per heavy atom. The third kappa shape index (κ3) is 3.70. The summed E-state index contributed by atoms with van der Waals surface area (Å²) >= 11 is 0. The van der Waals surface area contributed by atoms with Crippen LogP contribution in [0.5, 0.6) is 0 Å². The van der Waals surface area contributed by atoms with E-state index in [9.17, 15) is 0 Å². The van der Waals surface area contributed by atoms with E-state index in [1.807, 2.05) is 0 Å². The smallest absolute Gasteiger partial charge is 0.165 e. The minimum atomic E-state index is 0.813. The van der Waals surface area contributed by atoms with Crippen molar-refractivity contribution < 1.29 is 0 Å². The lowest BCUT2D eigenvalue weighted by Crippen LogP contribution is -2.05. The Morgan fingerprint density at radius 3 is 1.58 bits per heavy atom. The van der Waals surface area contributed by atoms with Gasteiger partial charge in [-0.2, -0.15) is 0 Å². The molecule has 0 saturated carbocycles. The number of hydrogen-bond acceptors (Lipinski definition) is 2. The number of hydrogen-bond donors (Lipinski definition) is 0. The molecule has 0 amide bonds. The predicted molar refractivity (Wildman–Crippen MR) is 209 cm³/mol. The molecular weight excluding hydrogens is 609 g/mol. The third-order valence-electron chi connectivity index (χ3n) is 10.3. The molecule has 0 aliphatic heterocycles. The Morgan fingerprint density at radius 2 is 0.900 bits per heavy atom.